The largest absolute Gasteiger partial charge is 0.506 e. The predicted octanol–water partition coefficient (Wildman–Crippen LogP) is 3.51. The van der Waals surface area contributed by atoms with Gasteiger partial charge in [-0.15, -0.1) is 0 Å². The first-order chi connectivity index (χ1) is 10.8. The minimum atomic E-state index is -6.77. The number of benzene rings is 1. The lowest BCUT2D eigenvalue weighted by Gasteiger charge is -2.26. The zero-order chi connectivity index (χ0) is 18.5. The summed E-state index contributed by atoms with van der Waals surface area (Å²) in [6, 6.07) is 4.55. The van der Waals surface area contributed by atoms with Gasteiger partial charge < -0.3 is 9.52 Å². The number of carbonyl (C=O) groups is 1. The molecule has 24 heavy (non-hydrogen) atoms. The van der Waals surface area contributed by atoms with Crippen LogP contribution in [0.3, 0.4) is 0 Å². The third-order valence-corrected chi connectivity index (χ3v) is 3.05. The van der Waals surface area contributed by atoms with Gasteiger partial charge in [-0.25, -0.2) is 4.79 Å². The second-order valence-electron chi connectivity index (χ2n) is 4.58. The highest BCUT2D eigenvalue weighted by Gasteiger charge is 2.76. The zero-order valence-electron chi connectivity index (χ0n) is 11.1. The second-order valence-corrected chi connectivity index (χ2v) is 4.58. The number of aromatic hydroxyl groups is 1. The summed E-state index contributed by atoms with van der Waals surface area (Å²) in [6.45, 7) is 0. The Morgan fingerprint density at radius 2 is 1.54 bits per heavy atom. The number of alkyl halides is 7. The monoisotopic (exact) mass is 358 g/mol. The smallest absolute Gasteiger partial charge is 0.460 e. The molecule has 0 saturated carbocycles. The Labute approximate surface area is 127 Å². The molecule has 0 amide bonds. The van der Waals surface area contributed by atoms with E-state index >= 15 is 0 Å². The predicted molar refractivity (Wildman–Crippen MR) is 64.4 cm³/mol. The molecule has 1 heterocycles. The molecule has 4 nitrogen and oxygen atoms in total. The summed E-state index contributed by atoms with van der Waals surface area (Å²) >= 11 is 0. The lowest BCUT2D eigenvalue weighted by atomic mass is 9.99. The van der Waals surface area contributed by atoms with E-state index in [1.54, 1.807) is 0 Å². The van der Waals surface area contributed by atoms with Crippen LogP contribution >= 0.6 is 0 Å². The first-order valence-electron chi connectivity index (χ1n) is 5.94. The van der Waals surface area contributed by atoms with Crippen molar-refractivity contribution in [1.29, 1.82) is 0 Å². The fourth-order valence-electron chi connectivity index (χ4n) is 1.81. The Balaban J connectivity index is 2.70. The summed E-state index contributed by atoms with van der Waals surface area (Å²) in [5.74, 6) is -17.8. The van der Waals surface area contributed by atoms with Crippen molar-refractivity contribution in [3.63, 3.8) is 0 Å². The number of ketones is 1. The summed E-state index contributed by atoms with van der Waals surface area (Å²) in [5, 5.41) is 9.20. The summed E-state index contributed by atoms with van der Waals surface area (Å²) < 4.78 is 93.4. The molecule has 0 bridgehead atoms. The highest BCUT2D eigenvalue weighted by atomic mass is 19.4. The topological polar surface area (TPSA) is 67.5 Å². The number of hydrogen-bond donors (Lipinski definition) is 1. The van der Waals surface area contributed by atoms with Gasteiger partial charge in [0.15, 0.2) is 5.56 Å². The molecule has 0 unspecified atom stereocenters. The molecule has 0 aliphatic carbocycles. The van der Waals surface area contributed by atoms with Crippen molar-refractivity contribution in [2.24, 2.45) is 0 Å². The van der Waals surface area contributed by atoms with Crippen LogP contribution in [-0.2, 0) is 0 Å². The molecule has 0 saturated heterocycles. The van der Waals surface area contributed by atoms with Gasteiger partial charge in [0.05, 0.1) is 5.39 Å². The van der Waals surface area contributed by atoms with Gasteiger partial charge in [0.2, 0.25) is 5.78 Å². The highest BCUT2D eigenvalue weighted by Crippen LogP contribution is 2.48. The molecule has 130 valence electrons. The number of halogens is 7. The number of carbonyl (C=O) groups excluding carboxylic acids is 1. The molecule has 1 aromatic carbocycles. The minimum absolute atomic E-state index is 0.387. The SMILES string of the molecule is O=C(c1c(O)c2ccccc2oc1=O)C(F)(F)C(F)(F)C(F)(F)F. The third kappa shape index (κ3) is 2.39. The van der Waals surface area contributed by atoms with Crippen LogP contribution in [0.15, 0.2) is 33.5 Å². The number of hydrogen-bond acceptors (Lipinski definition) is 4. The molecular weight excluding hydrogens is 353 g/mol. The van der Waals surface area contributed by atoms with E-state index < -0.39 is 46.1 Å². The van der Waals surface area contributed by atoms with Gasteiger partial charge >= 0.3 is 23.6 Å². The average Bonchev–Trinajstić information content (AvgIpc) is 2.45. The number of fused-ring (bicyclic) bond motifs is 1. The van der Waals surface area contributed by atoms with Crippen LogP contribution in [0.4, 0.5) is 30.7 Å². The van der Waals surface area contributed by atoms with E-state index in [-0.39, 0.29) is 5.58 Å². The van der Waals surface area contributed by atoms with Crippen molar-refractivity contribution in [3.8, 4) is 5.75 Å². The minimum Gasteiger partial charge on any atom is -0.506 e. The van der Waals surface area contributed by atoms with Gasteiger partial charge in [-0.05, 0) is 12.1 Å². The Hall–Kier alpha value is -2.59. The number of para-hydroxylation sites is 1. The van der Waals surface area contributed by atoms with Crippen LogP contribution < -0.4 is 5.63 Å². The molecular formula is C13H5F7O4. The number of Topliss-reactive ketones (excluding diaryl/α,β-unsaturated/α-hetero) is 1. The van der Waals surface area contributed by atoms with Crippen molar-refractivity contribution >= 4 is 16.8 Å². The van der Waals surface area contributed by atoms with Crippen LogP contribution in [0.25, 0.3) is 11.0 Å². The highest BCUT2D eigenvalue weighted by molar-refractivity contribution is 6.07. The lowest BCUT2D eigenvalue weighted by molar-refractivity contribution is -0.339. The lowest BCUT2D eigenvalue weighted by Crippen LogP contribution is -2.56. The van der Waals surface area contributed by atoms with Crippen LogP contribution in [-0.4, -0.2) is 28.9 Å². The average molecular weight is 358 g/mol. The van der Waals surface area contributed by atoms with E-state index in [1.165, 1.54) is 12.1 Å². The van der Waals surface area contributed by atoms with Gasteiger partial charge in [0, 0.05) is 0 Å². The first-order valence-corrected chi connectivity index (χ1v) is 5.94. The molecule has 0 aliphatic heterocycles. The van der Waals surface area contributed by atoms with Crippen molar-refractivity contribution in [2.45, 2.75) is 18.0 Å². The van der Waals surface area contributed by atoms with E-state index in [0.717, 1.165) is 12.1 Å². The van der Waals surface area contributed by atoms with E-state index in [1.807, 2.05) is 0 Å². The Kier molecular flexibility index (Phi) is 3.86. The van der Waals surface area contributed by atoms with Crippen molar-refractivity contribution in [3.05, 3.63) is 40.2 Å². The molecule has 2 rings (SSSR count). The van der Waals surface area contributed by atoms with Crippen molar-refractivity contribution in [2.75, 3.05) is 0 Å². The molecule has 0 spiro atoms. The van der Waals surface area contributed by atoms with E-state index in [9.17, 15) is 45.4 Å². The van der Waals surface area contributed by atoms with Crippen LogP contribution in [0, 0.1) is 0 Å². The van der Waals surface area contributed by atoms with E-state index in [2.05, 4.69) is 4.42 Å². The van der Waals surface area contributed by atoms with Crippen molar-refractivity contribution in [1.82, 2.24) is 0 Å². The molecule has 0 radical (unpaired) electrons. The molecule has 0 aliphatic rings. The van der Waals surface area contributed by atoms with Crippen LogP contribution in [0.5, 0.6) is 5.75 Å². The standard InChI is InChI=1S/C13H5F7O4/c14-11(15,12(16,17)13(18,19)20)9(22)7-8(21)5-3-1-2-4-6(5)24-10(7)23/h1-4,21H. The summed E-state index contributed by atoms with van der Waals surface area (Å²) in [4.78, 5) is 23.0. The normalized spacial score (nSPS) is 13.3. The Morgan fingerprint density at radius 3 is 2.08 bits per heavy atom. The van der Waals surface area contributed by atoms with Crippen molar-refractivity contribution < 1.29 is 45.1 Å². The summed E-state index contributed by atoms with van der Waals surface area (Å²) in [6.07, 6.45) is -6.77. The third-order valence-electron chi connectivity index (χ3n) is 3.05. The second kappa shape index (κ2) is 5.21. The summed E-state index contributed by atoms with van der Waals surface area (Å²) in [7, 11) is 0. The first kappa shape index (κ1) is 17.8. The quantitative estimate of drug-likeness (QED) is 0.518. The summed E-state index contributed by atoms with van der Waals surface area (Å²) in [5.41, 5.74) is -4.36. The fourth-order valence-corrected chi connectivity index (χ4v) is 1.81. The molecule has 1 aromatic heterocycles. The Bertz CT molecular complexity index is 867. The molecule has 0 fully saturated rings. The molecule has 11 heteroatoms. The maximum Gasteiger partial charge on any atom is 0.460 e. The molecule has 2 aromatic rings. The fraction of sp³-hybridized carbons (Fsp3) is 0.231. The van der Waals surface area contributed by atoms with Gasteiger partial charge in [-0.3, -0.25) is 4.79 Å². The van der Waals surface area contributed by atoms with Crippen LogP contribution in [0.2, 0.25) is 0 Å². The number of rotatable bonds is 3. The van der Waals surface area contributed by atoms with E-state index in [4.69, 9.17) is 0 Å². The zero-order valence-corrected chi connectivity index (χ0v) is 11.1. The maximum atomic E-state index is 13.4. The Morgan fingerprint density at radius 1 is 1.00 bits per heavy atom. The van der Waals surface area contributed by atoms with E-state index in [0.29, 0.717) is 0 Å². The molecule has 0 atom stereocenters. The van der Waals surface area contributed by atoms with Gasteiger partial charge in [0.1, 0.15) is 11.3 Å². The van der Waals surface area contributed by atoms with Gasteiger partial charge in [-0.1, -0.05) is 12.1 Å². The molecule has 1 N–H and O–H groups in total. The maximum absolute atomic E-state index is 13.4. The van der Waals surface area contributed by atoms with Crippen LogP contribution in [0.1, 0.15) is 10.4 Å². The van der Waals surface area contributed by atoms with Gasteiger partial charge in [-0.2, -0.15) is 30.7 Å². The van der Waals surface area contributed by atoms with Gasteiger partial charge in [0.25, 0.3) is 0 Å².